The standard InChI is InChI=1S/C17H24ClN3O4/c1-20(2)17(23)15-11-21(7-9-25-15)16(22)13-5-4-12(18)10-14(13)24-8-3-6-19/h4-5,10,15H,3,6-9,11,19H2,1-2H3/t15-/m1/s1. The SMILES string of the molecule is CN(C)C(=O)[C@H]1CN(C(=O)c2ccc(Cl)cc2OCCCN)CCO1. The molecular formula is C17H24ClN3O4. The average Bonchev–Trinajstić information content (AvgIpc) is 2.61. The van der Waals surface area contributed by atoms with Crippen molar-refractivity contribution in [1.29, 1.82) is 0 Å². The Morgan fingerprint density at radius 1 is 1.44 bits per heavy atom. The highest BCUT2D eigenvalue weighted by atomic mass is 35.5. The molecule has 7 nitrogen and oxygen atoms in total. The smallest absolute Gasteiger partial charge is 0.257 e. The van der Waals surface area contributed by atoms with Gasteiger partial charge < -0.3 is 25.0 Å². The Labute approximate surface area is 152 Å². The van der Waals surface area contributed by atoms with Crippen LogP contribution in [0.15, 0.2) is 18.2 Å². The van der Waals surface area contributed by atoms with E-state index in [1.807, 2.05) is 0 Å². The molecule has 1 aliphatic heterocycles. The first-order valence-corrected chi connectivity index (χ1v) is 8.56. The summed E-state index contributed by atoms with van der Waals surface area (Å²) in [4.78, 5) is 28.1. The van der Waals surface area contributed by atoms with Crippen LogP contribution in [-0.4, -0.2) is 74.7 Å². The fourth-order valence-corrected chi connectivity index (χ4v) is 2.66. The van der Waals surface area contributed by atoms with Gasteiger partial charge in [0.15, 0.2) is 6.10 Å². The molecule has 0 bridgehead atoms. The van der Waals surface area contributed by atoms with Crippen LogP contribution in [0.3, 0.4) is 0 Å². The minimum atomic E-state index is -0.651. The molecule has 1 aliphatic rings. The number of nitrogens with two attached hydrogens (primary N) is 1. The number of hydrogen-bond acceptors (Lipinski definition) is 5. The van der Waals surface area contributed by atoms with Gasteiger partial charge in [0.2, 0.25) is 0 Å². The van der Waals surface area contributed by atoms with E-state index in [0.29, 0.717) is 49.1 Å². The van der Waals surface area contributed by atoms with Crippen molar-refractivity contribution in [1.82, 2.24) is 9.80 Å². The number of rotatable bonds is 6. The maximum absolute atomic E-state index is 12.9. The molecule has 1 fully saturated rings. The highest BCUT2D eigenvalue weighted by Gasteiger charge is 2.31. The summed E-state index contributed by atoms with van der Waals surface area (Å²) in [5, 5.41) is 0.488. The fraction of sp³-hybridized carbons (Fsp3) is 0.529. The summed E-state index contributed by atoms with van der Waals surface area (Å²) in [7, 11) is 3.32. The molecule has 0 aromatic heterocycles. The van der Waals surface area contributed by atoms with E-state index in [-0.39, 0.29) is 18.4 Å². The van der Waals surface area contributed by atoms with Crippen molar-refractivity contribution < 1.29 is 19.1 Å². The molecule has 0 radical (unpaired) electrons. The van der Waals surface area contributed by atoms with Crippen LogP contribution in [0.5, 0.6) is 5.75 Å². The first kappa shape index (κ1) is 19.5. The van der Waals surface area contributed by atoms with Crippen LogP contribution in [0.4, 0.5) is 0 Å². The number of nitrogens with zero attached hydrogens (tertiary/aromatic N) is 2. The third kappa shape index (κ3) is 5.07. The first-order chi connectivity index (χ1) is 11.9. The molecule has 1 aromatic carbocycles. The number of halogens is 1. The van der Waals surface area contributed by atoms with Crippen molar-refractivity contribution in [2.24, 2.45) is 5.73 Å². The van der Waals surface area contributed by atoms with Crippen LogP contribution >= 0.6 is 11.6 Å². The molecule has 1 saturated heterocycles. The fourth-order valence-electron chi connectivity index (χ4n) is 2.50. The summed E-state index contributed by atoms with van der Waals surface area (Å²) in [6.07, 6.45) is 0.0264. The summed E-state index contributed by atoms with van der Waals surface area (Å²) >= 11 is 6.02. The number of likely N-dealkylation sites (N-methyl/N-ethyl adjacent to an activating group) is 1. The zero-order valence-corrected chi connectivity index (χ0v) is 15.3. The molecule has 8 heteroatoms. The first-order valence-electron chi connectivity index (χ1n) is 8.18. The molecule has 1 atom stereocenters. The molecule has 0 spiro atoms. The van der Waals surface area contributed by atoms with Crippen LogP contribution in [0.1, 0.15) is 16.8 Å². The Morgan fingerprint density at radius 2 is 2.20 bits per heavy atom. The van der Waals surface area contributed by atoms with Gasteiger partial charge in [-0.2, -0.15) is 0 Å². The van der Waals surface area contributed by atoms with Gasteiger partial charge in [-0.3, -0.25) is 9.59 Å². The van der Waals surface area contributed by atoms with Crippen molar-refractivity contribution >= 4 is 23.4 Å². The quantitative estimate of drug-likeness (QED) is 0.756. The second kappa shape index (κ2) is 9.03. The van der Waals surface area contributed by atoms with Gasteiger partial charge in [-0.15, -0.1) is 0 Å². The second-order valence-corrected chi connectivity index (χ2v) is 6.41. The van der Waals surface area contributed by atoms with Gasteiger partial charge in [0.1, 0.15) is 5.75 Å². The lowest BCUT2D eigenvalue weighted by atomic mass is 10.1. The van der Waals surface area contributed by atoms with Gasteiger partial charge >= 0.3 is 0 Å². The monoisotopic (exact) mass is 369 g/mol. The largest absolute Gasteiger partial charge is 0.493 e. The van der Waals surface area contributed by atoms with Crippen molar-refractivity contribution in [2.75, 3.05) is 46.9 Å². The normalized spacial score (nSPS) is 17.3. The number of carbonyl (C=O) groups is 2. The number of carbonyl (C=O) groups excluding carboxylic acids is 2. The maximum atomic E-state index is 12.9. The van der Waals surface area contributed by atoms with E-state index in [4.69, 9.17) is 26.8 Å². The van der Waals surface area contributed by atoms with Gasteiger partial charge in [-0.05, 0) is 31.2 Å². The molecule has 2 N–H and O–H groups in total. The molecule has 2 amide bonds. The van der Waals surface area contributed by atoms with Gasteiger partial charge in [-0.1, -0.05) is 11.6 Å². The number of hydrogen-bond donors (Lipinski definition) is 1. The summed E-state index contributed by atoms with van der Waals surface area (Å²) in [6.45, 7) is 1.85. The van der Waals surface area contributed by atoms with Crippen molar-refractivity contribution in [3.05, 3.63) is 28.8 Å². The third-order valence-corrected chi connectivity index (χ3v) is 4.09. The molecule has 1 aromatic rings. The van der Waals surface area contributed by atoms with Gasteiger partial charge in [0, 0.05) is 25.7 Å². The van der Waals surface area contributed by atoms with E-state index in [0.717, 1.165) is 0 Å². The zero-order chi connectivity index (χ0) is 18.4. The Hall–Kier alpha value is -1.83. The van der Waals surface area contributed by atoms with Crippen molar-refractivity contribution in [3.63, 3.8) is 0 Å². The van der Waals surface area contributed by atoms with Gasteiger partial charge in [0.25, 0.3) is 11.8 Å². The summed E-state index contributed by atoms with van der Waals surface area (Å²) in [6, 6.07) is 4.91. The van der Waals surface area contributed by atoms with Crippen LogP contribution in [0.2, 0.25) is 5.02 Å². The maximum Gasteiger partial charge on any atom is 0.257 e. The molecule has 0 unspecified atom stereocenters. The number of ether oxygens (including phenoxy) is 2. The summed E-state index contributed by atoms with van der Waals surface area (Å²) < 4.78 is 11.2. The lowest BCUT2D eigenvalue weighted by Crippen LogP contribution is -2.51. The topological polar surface area (TPSA) is 85.1 Å². The molecule has 25 heavy (non-hydrogen) atoms. The number of morpholine rings is 1. The van der Waals surface area contributed by atoms with Crippen molar-refractivity contribution in [3.8, 4) is 5.75 Å². The van der Waals surface area contributed by atoms with Crippen molar-refractivity contribution in [2.45, 2.75) is 12.5 Å². The molecule has 0 saturated carbocycles. The predicted molar refractivity (Wildman–Crippen MR) is 95.0 cm³/mol. The third-order valence-electron chi connectivity index (χ3n) is 3.85. The Morgan fingerprint density at radius 3 is 2.88 bits per heavy atom. The van der Waals surface area contributed by atoms with E-state index in [9.17, 15) is 9.59 Å². The van der Waals surface area contributed by atoms with Crippen LogP contribution in [0, 0.1) is 0 Å². The Bertz CT molecular complexity index is 624. The highest BCUT2D eigenvalue weighted by molar-refractivity contribution is 6.30. The molecule has 1 heterocycles. The molecule has 0 aliphatic carbocycles. The highest BCUT2D eigenvalue weighted by Crippen LogP contribution is 2.26. The predicted octanol–water partition coefficient (Wildman–Crippen LogP) is 0.997. The summed E-state index contributed by atoms with van der Waals surface area (Å²) in [5.74, 6) is 0.0558. The molecular weight excluding hydrogens is 346 g/mol. The molecule has 138 valence electrons. The molecule has 2 rings (SSSR count). The van der Waals surface area contributed by atoms with E-state index in [1.54, 1.807) is 37.2 Å². The number of benzene rings is 1. The lowest BCUT2D eigenvalue weighted by molar-refractivity contribution is -0.145. The second-order valence-electron chi connectivity index (χ2n) is 5.97. The Balaban J connectivity index is 2.14. The average molecular weight is 370 g/mol. The summed E-state index contributed by atoms with van der Waals surface area (Å²) in [5.41, 5.74) is 5.89. The lowest BCUT2D eigenvalue weighted by Gasteiger charge is -2.33. The van der Waals surface area contributed by atoms with Gasteiger partial charge in [0.05, 0.1) is 25.3 Å². The van der Waals surface area contributed by atoms with Crippen LogP contribution in [-0.2, 0) is 9.53 Å². The minimum absolute atomic E-state index is 0.159. The van der Waals surface area contributed by atoms with E-state index in [2.05, 4.69) is 0 Å². The number of amides is 2. The minimum Gasteiger partial charge on any atom is -0.493 e. The van der Waals surface area contributed by atoms with E-state index >= 15 is 0 Å². The zero-order valence-electron chi connectivity index (χ0n) is 14.5. The van der Waals surface area contributed by atoms with E-state index in [1.165, 1.54) is 4.90 Å². The Kier molecular flexibility index (Phi) is 7.04. The van der Waals surface area contributed by atoms with Gasteiger partial charge in [-0.25, -0.2) is 0 Å². The van der Waals surface area contributed by atoms with E-state index < -0.39 is 6.10 Å². The van der Waals surface area contributed by atoms with Crippen LogP contribution < -0.4 is 10.5 Å². The van der Waals surface area contributed by atoms with Crippen LogP contribution in [0.25, 0.3) is 0 Å².